The van der Waals surface area contributed by atoms with Crippen molar-refractivity contribution in [3.63, 3.8) is 0 Å². The zero-order chi connectivity index (χ0) is 23.0. The van der Waals surface area contributed by atoms with Crippen LogP contribution in [0.2, 0.25) is 0 Å². The minimum atomic E-state index is -4.99. The number of carbonyl (C=O) groups excluding carboxylic acids is 1. The second kappa shape index (κ2) is 7.85. The predicted molar refractivity (Wildman–Crippen MR) is 94.7 cm³/mol. The largest absolute Gasteiger partial charge is 0.417 e. The molecular formula is C19H10F7N3O2. The zero-order valence-corrected chi connectivity index (χ0v) is 15.0. The van der Waals surface area contributed by atoms with Crippen LogP contribution in [-0.2, 0) is 12.4 Å². The van der Waals surface area contributed by atoms with Crippen LogP contribution in [0.5, 0.6) is 0 Å². The van der Waals surface area contributed by atoms with Gasteiger partial charge in [-0.2, -0.15) is 26.3 Å². The summed E-state index contributed by atoms with van der Waals surface area (Å²) in [4.78, 5) is 29.0. The van der Waals surface area contributed by atoms with E-state index < -0.39 is 46.3 Å². The zero-order valence-electron chi connectivity index (χ0n) is 15.0. The first-order valence-corrected chi connectivity index (χ1v) is 8.31. The number of hydrogen-bond acceptors (Lipinski definition) is 3. The van der Waals surface area contributed by atoms with Gasteiger partial charge >= 0.3 is 12.4 Å². The van der Waals surface area contributed by atoms with E-state index in [4.69, 9.17) is 0 Å². The van der Waals surface area contributed by atoms with Crippen LogP contribution in [0.4, 0.5) is 36.4 Å². The lowest BCUT2D eigenvalue weighted by atomic mass is 10.1. The first kappa shape index (κ1) is 22.0. The summed E-state index contributed by atoms with van der Waals surface area (Å²) in [6.07, 6.45) is -8.55. The molecule has 3 rings (SSSR count). The van der Waals surface area contributed by atoms with Crippen LogP contribution in [0.1, 0.15) is 21.5 Å². The summed E-state index contributed by atoms with van der Waals surface area (Å²) >= 11 is 0. The highest BCUT2D eigenvalue weighted by Gasteiger charge is 2.36. The van der Waals surface area contributed by atoms with Crippen molar-refractivity contribution < 1.29 is 35.5 Å². The molecule has 31 heavy (non-hydrogen) atoms. The first-order chi connectivity index (χ1) is 14.4. The van der Waals surface area contributed by atoms with E-state index in [-0.39, 0.29) is 23.0 Å². The van der Waals surface area contributed by atoms with E-state index in [0.717, 1.165) is 24.3 Å². The van der Waals surface area contributed by atoms with E-state index in [0.29, 0.717) is 18.5 Å². The van der Waals surface area contributed by atoms with Crippen LogP contribution in [0, 0.1) is 5.82 Å². The van der Waals surface area contributed by atoms with Gasteiger partial charge in [-0.05, 0) is 30.3 Å². The standard InChI is InChI=1S/C19H10F7N3O2/c20-14-3-2-10(5-11(14)15-4-1-9(7-27-15)18(21,22)23)29-17(31)12-8-28-16(30)6-13(12)19(24,25)26/h1-8H,(H,28,30)(H,29,31). The van der Waals surface area contributed by atoms with Crippen molar-refractivity contribution in [3.05, 3.63) is 81.7 Å². The quantitative estimate of drug-likeness (QED) is 0.566. The molecule has 0 fully saturated rings. The molecule has 2 N–H and O–H groups in total. The number of benzene rings is 1. The van der Waals surface area contributed by atoms with E-state index in [1.54, 1.807) is 0 Å². The van der Waals surface area contributed by atoms with E-state index in [2.05, 4.69) is 10.3 Å². The third-order valence-electron chi connectivity index (χ3n) is 4.07. The summed E-state index contributed by atoms with van der Waals surface area (Å²) in [6.45, 7) is 0. The summed E-state index contributed by atoms with van der Waals surface area (Å²) in [5.41, 5.74) is -5.11. The van der Waals surface area contributed by atoms with Gasteiger partial charge in [-0.25, -0.2) is 4.39 Å². The van der Waals surface area contributed by atoms with Crippen LogP contribution in [0.15, 0.2) is 53.6 Å². The number of anilines is 1. The molecule has 0 aliphatic rings. The van der Waals surface area contributed by atoms with Crippen LogP contribution in [0.25, 0.3) is 11.3 Å². The second-order valence-corrected chi connectivity index (χ2v) is 6.20. The summed E-state index contributed by atoms with van der Waals surface area (Å²) in [5.74, 6) is -2.13. The molecule has 12 heteroatoms. The van der Waals surface area contributed by atoms with Gasteiger partial charge in [0.15, 0.2) is 0 Å². The molecule has 0 radical (unpaired) electrons. The van der Waals surface area contributed by atoms with E-state index in [9.17, 15) is 40.3 Å². The number of aromatic nitrogens is 2. The highest BCUT2D eigenvalue weighted by Crippen LogP contribution is 2.32. The Balaban J connectivity index is 1.93. The minimum absolute atomic E-state index is 0.151. The Morgan fingerprint density at radius 3 is 2.26 bits per heavy atom. The van der Waals surface area contributed by atoms with E-state index in [1.807, 2.05) is 4.98 Å². The van der Waals surface area contributed by atoms with Crippen LogP contribution >= 0.6 is 0 Å². The van der Waals surface area contributed by atoms with Crippen molar-refractivity contribution in [3.8, 4) is 11.3 Å². The number of halogens is 7. The van der Waals surface area contributed by atoms with Crippen LogP contribution in [-0.4, -0.2) is 15.9 Å². The molecule has 2 heterocycles. The number of pyridine rings is 2. The molecule has 2 aromatic heterocycles. The molecule has 0 saturated heterocycles. The van der Waals surface area contributed by atoms with Gasteiger partial charge in [0, 0.05) is 29.7 Å². The number of nitrogens with one attached hydrogen (secondary N) is 2. The molecule has 162 valence electrons. The number of aromatic amines is 1. The maximum atomic E-state index is 14.2. The van der Waals surface area contributed by atoms with Crippen molar-refractivity contribution in [1.29, 1.82) is 0 Å². The monoisotopic (exact) mass is 445 g/mol. The molecule has 0 saturated carbocycles. The molecule has 0 aliphatic carbocycles. The van der Waals surface area contributed by atoms with Crippen molar-refractivity contribution in [2.24, 2.45) is 0 Å². The minimum Gasteiger partial charge on any atom is -0.328 e. The number of amides is 1. The Kier molecular flexibility index (Phi) is 5.57. The third-order valence-corrected chi connectivity index (χ3v) is 4.07. The number of hydrogen-bond donors (Lipinski definition) is 2. The third kappa shape index (κ3) is 4.90. The van der Waals surface area contributed by atoms with Gasteiger partial charge in [-0.15, -0.1) is 0 Å². The van der Waals surface area contributed by atoms with Gasteiger partial charge in [0.05, 0.1) is 22.4 Å². The Labute approximate surface area is 168 Å². The lowest BCUT2D eigenvalue weighted by Gasteiger charge is -2.13. The Bertz CT molecular complexity index is 1180. The lowest BCUT2D eigenvalue weighted by Crippen LogP contribution is -2.22. The average molecular weight is 445 g/mol. The van der Waals surface area contributed by atoms with Crippen molar-refractivity contribution in [2.75, 3.05) is 5.32 Å². The van der Waals surface area contributed by atoms with Crippen molar-refractivity contribution >= 4 is 11.6 Å². The number of carbonyl (C=O) groups is 1. The highest BCUT2D eigenvalue weighted by molar-refractivity contribution is 6.05. The van der Waals surface area contributed by atoms with Gasteiger partial charge in [0.25, 0.3) is 5.91 Å². The van der Waals surface area contributed by atoms with Crippen molar-refractivity contribution in [2.45, 2.75) is 12.4 Å². The van der Waals surface area contributed by atoms with Crippen LogP contribution in [0.3, 0.4) is 0 Å². The maximum Gasteiger partial charge on any atom is 0.417 e. The summed E-state index contributed by atoms with van der Waals surface area (Å²) in [6, 6.07) is 4.72. The molecule has 5 nitrogen and oxygen atoms in total. The number of nitrogens with zero attached hydrogens (tertiary/aromatic N) is 1. The molecule has 0 unspecified atom stereocenters. The Morgan fingerprint density at radius 2 is 1.68 bits per heavy atom. The Morgan fingerprint density at radius 1 is 0.968 bits per heavy atom. The molecular weight excluding hydrogens is 435 g/mol. The molecule has 0 bridgehead atoms. The lowest BCUT2D eigenvalue weighted by molar-refractivity contribution is -0.138. The molecule has 1 amide bonds. The molecule has 0 aliphatic heterocycles. The Hall–Kier alpha value is -3.70. The second-order valence-electron chi connectivity index (χ2n) is 6.20. The number of alkyl halides is 6. The number of rotatable bonds is 3. The maximum absolute atomic E-state index is 14.2. The van der Waals surface area contributed by atoms with Crippen molar-refractivity contribution in [1.82, 2.24) is 9.97 Å². The molecule has 1 aromatic carbocycles. The fourth-order valence-corrected chi connectivity index (χ4v) is 2.61. The topological polar surface area (TPSA) is 74.8 Å². The van der Waals surface area contributed by atoms with E-state index >= 15 is 0 Å². The van der Waals surface area contributed by atoms with Gasteiger partial charge in [-0.1, -0.05) is 0 Å². The summed E-state index contributed by atoms with van der Waals surface area (Å²) in [5, 5.41) is 2.13. The van der Waals surface area contributed by atoms with Crippen LogP contribution < -0.4 is 10.9 Å². The smallest absolute Gasteiger partial charge is 0.328 e. The van der Waals surface area contributed by atoms with Gasteiger partial charge in [0.2, 0.25) is 5.56 Å². The molecule has 3 aromatic rings. The predicted octanol–water partition coefficient (Wildman–Crippen LogP) is 4.87. The molecule has 0 spiro atoms. The van der Waals surface area contributed by atoms with E-state index in [1.165, 1.54) is 0 Å². The average Bonchev–Trinajstić information content (AvgIpc) is 2.68. The van der Waals surface area contributed by atoms with Gasteiger partial charge in [0.1, 0.15) is 5.82 Å². The summed E-state index contributed by atoms with van der Waals surface area (Å²) in [7, 11) is 0. The number of H-pyrrole nitrogens is 1. The van der Waals surface area contributed by atoms with Gasteiger partial charge < -0.3 is 10.3 Å². The fraction of sp³-hybridized carbons (Fsp3) is 0.105. The first-order valence-electron chi connectivity index (χ1n) is 8.31. The molecule has 0 atom stereocenters. The highest BCUT2D eigenvalue weighted by atomic mass is 19.4. The SMILES string of the molecule is O=C(Nc1ccc(F)c(-c2ccc(C(F)(F)F)cn2)c1)c1c[nH]c(=O)cc1C(F)(F)F. The summed E-state index contributed by atoms with van der Waals surface area (Å²) < 4.78 is 91.4. The normalized spacial score (nSPS) is 12.0. The van der Waals surface area contributed by atoms with Gasteiger partial charge in [-0.3, -0.25) is 14.6 Å². The fourth-order valence-electron chi connectivity index (χ4n) is 2.61.